The molecule has 20 heavy (non-hydrogen) atoms. The lowest BCUT2D eigenvalue weighted by Crippen LogP contribution is -2.02. The van der Waals surface area contributed by atoms with Crippen molar-refractivity contribution in [1.82, 2.24) is 4.98 Å². The van der Waals surface area contributed by atoms with E-state index in [-0.39, 0.29) is 0 Å². The predicted octanol–water partition coefficient (Wildman–Crippen LogP) is 4.37. The zero-order valence-corrected chi connectivity index (χ0v) is 11.4. The highest BCUT2D eigenvalue weighted by molar-refractivity contribution is 7.12. The smallest absolute Gasteiger partial charge is 0.156 e. The van der Waals surface area contributed by atoms with Gasteiger partial charge in [-0.2, -0.15) is 0 Å². The molecule has 96 valence electrons. The first-order valence-electron chi connectivity index (χ1n) is 6.36. The Bertz CT molecular complexity index is 791. The van der Waals surface area contributed by atoms with E-state index in [1.165, 1.54) is 0 Å². The molecule has 3 aromatic rings. The number of aromatic nitrogens is 1. The van der Waals surface area contributed by atoms with E-state index in [9.17, 15) is 0 Å². The number of benzene rings is 1. The largest absolute Gasteiger partial charge is 0.338 e. The first kappa shape index (κ1) is 11.4. The molecule has 3 nitrogen and oxygen atoms in total. The quantitative estimate of drug-likeness (QED) is 0.561. The molecule has 0 atom stereocenters. The van der Waals surface area contributed by atoms with Gasteiger partial charge in [0.05, 0.1) is 10.6 Å². The van der Waals surface area contributed by atoms with Gasteiger partial charge in [0, 0.05) is 17.4 Å². The zero-order chi connectivity index (χ0) is 13.4. The van der Waals surface area contributed by atoms with Crippen LogP contribution in [0.15, 0.2) is 65.1 Å². The summed E-state index contributed by atoms with van der Waals surface area (Å²) >= 11 is 1.70. The lowest BCUT2D eigenvalue weighted by atomic mass is 10.1. The van der Waals surface area contributed by atoms with Crippen LogP contribution in [-0.4, -0.2) is 10.7 Å². The molecule has 1 N–H and O–H groups in total. The molecule has 0 spiro atoms. The van der Waals surface area contributed by atoms with Gasteiger partial charge in [-0.05, 0) is 29.6 Å². The van der Waals surface area contributed by atoms with E-state index < -0.39 is 0 Å². The monoisotopic (exact) mass is 277 g/mol. The predicted molar refractivity (Wildman–Crippen MR) is 83.6 cm³/mol. The number of nitrogens with zero attached hydrogens (tertiary/aromatic N) is 2. The average molecular weight is 277 g/mol. The number of thiophene rings is 1. The van der Waals surface area contributed by atoms with Crippen molar-refractivity contribution >= 4 is 34.2 Å². The van der Waals surface area contributed by atoms with Crippen LogP contribution in [0.1, 0.15) is 10.4 Å². The zero-order valence-electron chi connectivity index (χ0n) is 10.6. The molecule has 0 unspecified atom stereocenters. The van der Waals surface area contributed by atoms with Gasteiger partial charge in [0.1, 0.15) is 5.69 Å². The molecule has 3 heterocycles. The van der Waals surface area contributed by atoms with Crippen molar-refractivity contribution in [2.75, 3.05) is 5.32 Å². The first-order valence-corrected chi connectivity index (χ1v) is 7.24. The van der Waals surface area contributed by atoms with Crippen molar-refractivity contribution in [3.63, 3.8) is 0 Å². The molecular formula is C16H11N3S. The summed E-state index contributed by atoms with van der Waals surface area (Å²) < 4.78 is 0. The summed E-state index contributed by atoms with van der Waals surface area (Å²) in [6.07, 6.45) is 1.78. The van der Waals surface area contributed by atoms with Crippen LogP contribution in [0.3, 0.4) is 0 Å². The van der Waals surface area contributed by atoms with Gasteiger partial charge in [-0.25, -0.2) is 9.98 Å². The second-order valence-corrected chi connectivity index (χ2v) is 5.43. The van der Waals surface area contributed by atoms with Crippen molar-refractivity contribution in [3.8, 4) is 0 Å². The third-order valence-electron chi connectivity index (χ3n) is 3.21. The minimum Gasteiger partial charge on any atom is -0.338 e. The number of aliphatic imine (C=N–C) groups is 1. The molecule has 4 rings (SSSR count). The topological polar surface area (TPSA) is 37.3 Å². The second-order valence-electron chi connectivity index (χ2n) is 4.48. The van der Waals surface area contributed by atoms with Crippen molar-refractivity contribution < 1.29 is 0 Å². The Morgan fingerprint density at radius 3 is 2.80 bits per heavy atom. The molecule has 2 aromatic heterocycles. The Hall–Kier alpha value is -2.46. The summed E-state index contributed by atoms with van der Waals surface area (Å²) in [6.45, 7) is 0. The van der Waals surface area contributed by atoms with Crippen molar-refractivity contribution in [1.29, 1.82) is 0 Å². The van der Waals surface area contributed by atoms with Crippen LogP contribution in [0.4, 0.5) is 17.2 Å². The van der Waals surface area contributed by atoms with Gasteiger partial charge in [-0.3, -0.25) is 0 Å². The first-order chi connectivity index (χ1) is 9.92. The number of hydrogen-bond acceptors (Lipinski definition) is 4. The van der Waals surface area contributed by atoms with Crippen LogP contribution in [-0.2, 0) is 0 Å². The second kappa shape index (κ2) is 4.58. The fourth-order valence-electron chi connectivity index (χ4n) is 2.29. The van der Waals surface area contributed by atoms with E-state index in [0.717, 1.165) is 33.3 Å². The summed E-state index contributed by atoms with van der Waals surface area (Å²) in [5, 5.41) is 5.45. The van der Waals surface area contributed by atoms with Gasteiger partial charge in [0.2, 0.25) is 0 Å². The lowest BCUT2D eigenvalue weighted by molar-refractivity contribution is 1.30. The molecular weight excluding hydrogens is 266 g/mol. The molecule has 0 saturated heterocycles. The normalized spacial score (nSPS) is 12.7. The molecule has 0 saturated carbocycles. The van der Waals surface area contributed by atoms with Crippen molar-refractivity contribution in [3.05, 3.63) is 70.5 Å². The van der Waals surface area contributed by atoms with Crippen LogP contribution in [0.2, 0.25) is 0 Å². The van der Waals surface area contributed by atoms with Gasteiger partial charge in [0.15, 0.2) is 5.82 Å². The summed E-state index contributed by atoms with van der Waals surface area (Å²) in [5.41, 5.74) is 4.01. The summed E-state index contributed by atoms with van der Waals surface area (Å²) in [4.78, 5) is 10.4. The van der Waals surface area contributed by atoms with E-state index in [4.69, 9.17) is 4.99 Å². The third-order valence-corrected chi connectivity index (χ3v) is 4.09. The fourth-order valence-corrected chi connectivity index (χ4v) is 3.02. The maximum atomic E-state index is 4.82. The number of anilines is 2. The van der Waals surface area contributed by atoms with Crippen LogP contribution in [0.25, 0.3) is 0 Å². The van der Waals surface area contributed by atoms with Crippen molar-refractivity contribution in [2.45, 2.75) is 0 Å². The van der Waals surface area contributed by atoms with Crippen LogP contribution in [0.5, 0.6) is 0 Å². The minimum absolute atomic E-state index is 0.798. The summed E-state index contributed by atoms with van der Waals surface area (Å²) in [7, 11) is 0. The maximum absolute atomic E-state index is 4.82. The Morgan fingerprint density at radius 1 is 0.950 bits per heavy atom. The molecule has 4 heteroatoms. The van der Waals surface area contributed by atoms with E-state index in [0.29, 0.717) is 0 Å². The molecule has 1 aromatic carbocycles. The molecule has 0 fully saturated rings. The third kappa shape index (κ3) is 1.82. The van der Waals surface area contributed by atoms with Gasteiger partial charge >= 0.3 is 0 Å². The Labute approximate surface area is 120 Å². The number of para-hydroxylation sites is 1. The number of nitrogens with one attached hydrogen (secondary N) is 1. The van der Waals surface area contributed by atoms with Gasteiger partial charge < -0.3 is 5.32 Å². The Kier molecular flexibility index (Phi) is 2.60. The standard InChI is InChI=1S/C16H11N3S/c1-2-6-12-11(5-1)15(14-8-4-10-20-14)18-13-7-3-9-17-16(13)19-12/h1-10H,(H,17,19). The number of fused-ring (bicyclic) bond motifs is 2. The van der Waals surface area contributed by atoms with Crippen LogP contribution >= 0.6 is 11.3 Å². The number of hydrogen-bond donors (Lipinski definition) is 1. The maximum Gasteiger partial charge on any atom is 0.156 e. The Balaban J connectivity index is 2.01. The number of rotatable bonds is 1. The fraction of sp³-hybridized carbons (Fsp3) is 0. The van der Waals surface area contributed by atoms with E-state index in [2.05, 4.69) is 33.9 Å². The lowest BCUT2D eigenvalue weighted by Gasteiger charge is -2.08. The number of pyridine rings is 1. The molecule has 0 radical (unpaired) electrons. The SMILES string of the molecule is c1csc(C2=Nc3cccnc3Nc3ccccc32)c1. The van der Waals surface area contributed by atoms with E-state index >= 15 is 0 Å². The highest BCUT2D eigenvalue weighted by atomic mass is 32.1. The van der Waals surface area contributed by atoms with Gasteiger partial charge in [-0.1, -0.05) is 24.3 Å². The molecule has 0 bridgehead atoms. The molecule has 0 amide bonds. The highest BCUT2D eigenvalue weighted by Crippen LogP contribution is 2.34. The van der Waals surface area contributed by atoms with Crippen molar-refractivity contribution in [2.24, 2.45) is 4.99 Å². The van der Waals surface area contributed by atoms with Crippen LogP contribution in [0, 0.1) is 0 Å². The van der Waals surface area contributed by atoms with Crippen LogP contribution < -0.4 is 5.32 Å². The molecule has 0 aliphatic carbocycles. The molecule has 1 aliphatic heterocycles. The summed E-state index contributed by atoms with van der Waals surface area (Å²) in [5.74, 6) is 0.798. The van der Waals surface area contributed by atoms with Gasteiger partial charge in [-0.15, -0.1) is 11.3 Å². The van der Waals surface area contributed by atoms with E-state index in [1.807, 2.05) is 30.3 Å². The minimum atomic E-state index is 0.798. The van der Waals surface area contributed by atoms with E-state index in [1.54, 1.807) is 17.5 Å². The highest BCUT2D eigenvalue weighted by Gasteiger charge is 2.18. The Morgan fingerprint density at radius 2 is 1.90 bits per heavy atom. The molecule has 1 aliphatic rings. The average Bonchev–Trinajstić information content (AvgIpc) is 2.96. The summed E-state index contributed by atoms with van der Waals surface area (Å²) in [6, 6.07) is 16.2. The van der Waals surface area contributed by atoms with Gasteiger partial charge in [0.25, 0.3) is 0 Å².